The maximum absolute atomic E-state index is 5.61. The van der Waals surface area contributed by atoms with Crippen LogP contribution in [0.4, 0.5) is 0 Å². The summed E-state index contributed by atoms with van der Waals surface area (Å²) in [4.78, 5) is 2.83. The monoisotopic (exact) mass is 294 g/mol. The standard InChI is InChI=1S/C18H34N2O/c1-15(2)10-17-11-19-18(7-4-3-5-8-18)14-20(17)12-16-6-9-21-13-16/h15-17,19H,3-14H2,1-2H3. The lowest BCUT2D eigenvalue weighted by Gasteiger charge is -2.50. The lowest BCUT2D eigenvalue weighted by atomic mass is 9.78. The van der Waals surface area contributed by atoms with Crippen molar-refractivity contribution in [1.82, 2.24) is 10.2 Å². The van der Waals surface area contributed by atoms with Gasteiger partial charge in [-0.15, -0.1) is 0 Å². The first-order chi connectivity index (χ1) is 10.2. The number of nitrogens with one attached hydrogen (secondary N) is 1. The molecule has 0 aromatic heterocycles. The van der Waals surface area contributed by atoms with Gasteiger partial charge < -0.3 is 10.1 Å². The Morgan fingerprint density at radius 2 is 2.05 bits per heavy atom. The summed E-state index contributed by atoms with van der Waals surface area (Å²) in [6, 6.07) is 0.734. The van der Waals surface area contributed by atoms with Crippen LogP contribution in [0.5, 0.6) is 0 Å². The van der Waals surface area contributed by atoms with E-state index in [2.05, 4.69) is 24.1 Å². The van der Waals surface area contributed by atoms with Crippen molar-refractivity contribution < 1.29 is 4.74 Å². The molecule has 0 bridgehead atoms. The first kappa shape index (κ1) is 15.8. The van der Waals surface area contributed by atoms with Gasteiger partial charge in [-0.3, -0.25) is 4.90 Å². The fraction of sp³-hybridized carbons (Fsp3) is 1.00. The molecule has 2 aliphatic heterocycles. The molecule has 1 aliphatic carbocycles. The fourth-order valence-electron chi connectivity index (χ4n) is 4.65. The number of ether oxygens (including phenoxy) is 1. The molecule has 2 atom stereocenters. The fourth-order valence-corrected chi connectivity index (χ4v) is 4.65. The Kier molecular flexibility index (Phi) is 5.23. The molecule has 3 heteroatoms. The van der Waals surface area contributed by atoms with Gasteiger partial charge in [0.25, 0.3) is 0 Å². The van der Waals surface area contributed by atoms with Crippen LogP contribution < -0.4 is 5.32 Å². The van der Waals surface area contributed by atoms with E-state index < -0.39 is 0 Å². The maximum atomic E-state index is 5.61. The van der Waals surface area contributed by atoms with Crippen molar-refractivity contribution in [3.05, 3.63) is 0 Å². The molecule has 3 rings (SSSR count). The summed E-state index contributed by atoms with van der Waals surface area (Å²) in [5.74, 6) is 1.57. The smallest absolute Gasteiger partial charge is 0.0507 e. The summed E-state index contributed by atoms with van der Waals surface area (Å²) in [5, 5.41) is 3.97. The predicted molar refractivity (Wildman–Crippen MR) is 87.6 cm³/mol. The molecule has 0 amide bonds. The molecule has 122 valence electrons. The van der Waals surface area contributed by atoms with Crippen LogP contribution >= 0.6 is 0 Å². The van der Waals surface area contributed by atoms with E-state index in [0.717, 1.165) is 31.1 Å². The molecule has 0 radical (unpaired) electrons. The van der Waals surface area contributed by atoms with Gasteiger partial charge in [0.05, 0.1) is 6.61 Å². The van der Waals surface area contributed by atoms with Crippen LogP contribution in [0.2, 0.25) is 0 Å². The van der Waals surface area contributed by atoms with Gasteiger partial charge in [-0.25, -0.2) is 0 Å². The Bertz CT molecular complexity index is 319. The molecule has 3 fully saturated rings. The van der Waals surface area contributed by atoms with Gasteiger partial charge in [0, 0.05) is 37.8 Å². The third-order valence-corrected chi connectivity index (χ3v) is 5.81. The second kappa shape index (κ2) is 6.97. The van der Waals surface area contributed by atoms with Crippen LogP contribution in [0.25, 0.3) is 0 Å². The zero-order valence-electron chi connectivity index (χ0n) is 14.1. The average Bonchev–Trinajstić information content (AvgIpc) is 2.96. The number of rotatable bonds is 4. The van der Waals surface area contributed by atoms with E-state index in [4.69, 9.17) is 4.74 Å². The zero-order valence-corrected chi connectivity index (χ0v) is 14.1. The van der Waals surface area contributed by atoms with Crippen LogP contribution in [-0.4, -0.2) is 49.3 Å². The average molecular weight is 294 g/mol. The van der Waals surface area contributed by atoms with E-state index in [1.807, 2.05) is 0 Å². The van der Waals surface area contributed by atoms with Gasteiger partial charge in [0.1, 0.15) is 0 Å². The molecular weight excluding hydrogens is 260 g/mol. The Morgan fingerprint density at radius 1 is 1.24 bits per heavy atom. The largest absolute Gasteiger partial charge is 0.381 e. The molecule has 3 nitrogen and oxygen atoms in total. The Hall–Kier alpha value is -0.120. The van der Waals surface area contributed by atoms with Crippen molar-refractivity contribution in [2.75, 3.05) is 32.8 Å². The molecule has 1 spiro atoms. The molecule has 0 aromatic rings. The summed E-state index contributed by atoms with van der Waals surface area (Å²) in [7, 11) is 0. The Morgan fingerprint density at radius 3 is 2.71 bits per heavy atom. The molecule has 2 unspecified atom stereocenters. The SMILES string of the molecule is CC(C)CC1CNC2(CCCCC2)CN1CC1CCOC1. The van der Waals surface area contributed by atoms with Gasteiger partial charge in [-0.1, -0.05) is 33.1 Å². The van der Waals surface area contributed by atoms with E-state index in [1.165, 1.54) is 64.6 Å². The number of piperazine rings is 1. The number of nitrogens with zero attached hydrogens (tertiary/aromatic N) is 1. The Balaban J connectivity index is 1.64. The van der Waals surface area contributed by atoms with Crippen molar-refractivity contribution in [2.24, 2.45) is 11.8 Å². The van der Waals surface area contributed by atoms with E-state index in [-0.39, 0.29) is 0 Å². The number of hydrogen-bond acceptors (Lipinski definition) is 3. The molecular formula is C18H34N2O. The highest BCUT2D eigenvalue weighted by molar-refractivity contribution is 5.00. The quantitative estimate of drug-likeness (QED) is 0.862. The minimum Gasteiger partial charge on any atom is -0.381 e. The minimum absolute atomic E-state index is 0.436. The van der Waals surface area contributed by atoms with Crippen LogP contribution in [-0.2, 0) is 4.74 Å². The maximum Gasteiger partial charge on any atom is 0.0507 e. The first-order valence-electron chi connectivity index (χ1n) is 9.24. The van der Waals surface area contributed by atoms with Crippen LogP contribution in [0.15, 0.2) is 0 Å². The highest BCUT2D eigenvalue weighted by atomic mass is 16.5. The third-order valence-electron chi connectivity index (χ3n) is 5.81. The summed E-state index contributed by atoms with van der Waals surface area (Å²) in [6.45, 7) is 10.4. The highest BCUT2D eigenvalue weighted by Gasteiger charge is 2.40. The number of hydrogen-bond donors (Lipinski definition) is 1. The van der Waals surface area contributed by atoms with E-state index in [9.17, 15) is 0 Å². The molecule has 3 aliphatic rings. The molecule has 1 saturated carbocycles. The van der Waals surface area contributed by atoms with Crippen LogP contribution in [0.1, 0.15) is 58.8 Å². The van der Waals surface area contributed by atoms with Crippen molar-refractivity contribution >= 4 is 0 Å². The molecule has 0 aromatic carbocycles. The normalized spacial score (nSPS) is 33.9. The second-order valence-corrected chi connectivity index (χ2v) is 8.16. The minimum atomic E-state index is 0.436. The first-order valence-corrected chi connectivity index (χ1v) is 9.24. The third kappa shape index (κ3) is 4.00. The van der Waals surface area contributed by atoms with Gasteiger partial charge in [0.15, 0.2) is 0 Å². The summed E-state index contributed by atoms with van der Waals surface area (Å²) in [6.07, 6.45) is 9.65. The molecule has 2 saturated heterocycles. The van der Waals surface area contributed by atoms with Gasteiger partial charge in [0.2, 0.25) is 0 Å². The van der Waals surface area contributed by atoms with Crippen LogP contribution in [0, 0.1) is 11.8 Å². The van der Waals surface area contributed by atoms with Crippen molar-refractivity contribution in [3.8, 4) is 0 Å². The lowest BCUT2D eigenvalue weighted by Crippen LogP contribution is -2.65. The van der Waals surface area contributed by atoms with Crippen molar-refractivity contribution in [3.63, 3.8) is 0 Å². The summed E-state index contributed by atoms with van der Waals surface area (Å²) in [5.41, 5.74) is 0.436. The van der Waals surface area contributed by atoms with Crippen molar-refractivity contribution in [1.29, 1.82) is 0 Å². The van der Waals surface area contributed by atoms with E-state index in [0.29, 0.717) is 5.54 Å². The Labute approximate surface area is 130 Å². The summed E-state index contributed by atoms with van der Waals surface area (Å²) < 4.78 is 5.61. The summed E-state index contributed by atoms with van der Waals surface area (Å²) >= 11 is 0. The van der Waals surface area contributed by atoms with Gasteiger partial charge in [-0.05, 0) is 37.5 Å². The van der Waals surface area contributed by atoms with E-state index >= 15 is 0 Å². The van der Waals surface area contributed by atoms with Crippen molar-refractivity contribution in [2.45, 2.75) is 70.4 Å². The lowest BCUT2D eigenvalue weighted by molar-refractivity contribution is 0.0343. The highest BCUT2D eigenvalue weighted by Crippen LogP contribution is 2.33. The second-order valence-electron chi connectivity index (χ2n) is 8.16. The predicted octanol–water partition coefficient (Wildman–Crippen LogP) is 3.05. The molecule has 1 N–H and O–H groups in total. The topological polar surface area (TPSA) is 24.5 Å². The van der Waals surface area contributed by atoms with Gasteiger partial charge >= 0.3 is 0 Å². The molecule has 21 heavy (non-hydrogen) atoms. The molecule has 2 heterocycles. The van der Waals surface area contributed by atoms with Crippen LogP contribution in [0.3, 0.4) is 0 Å². The van der Waals surface area contributed by atoms with Gasteiger partial charge in [-0.2, -0.15) is 0 Å². The zero-order chi connectivity index (χ0) is 14.7. The van der Waals surface area contributed by atoms with E-state index in [1.54, 1.807) is 0 Å².